The number of nitrogens with zero attached hydrogens (tertiary/aromatic N) is 4. The summed E-state index contributed by atoms with van der Waals surface area (Å²) in [5.41, 5.74) is 4.55. The summed E-state index contributed by atoms with van der Waals surface area (Å²) in [5, 5.41) is 1.23. The van der Waals surface area contributed by atoms with E-state index < -0.39 is 0 Å². The van der Waals surface area contributed by atoms with Crippen LogP contribution in [0.1, 0.15) is 35.3 Å². The van der Waals surface area contributed by atoms with Crippen LogP contribution < -0.4 is 0 Å². The number of rotatable bonds is 6. The molecule has 0 saturated carbocycles. The van der Waals surface area contributed by atoms with Gasteiger partial charge in [0, 0.05) is 94.2 Å². The minimum atomic E-state index is 0.149. The molecule has 6 nitrogen and oxygen atoms in total. The van der Waals surface area contributed by atoms with Crippen LogP contribution in [0.5, 0.6) is 0 Å². The molecule has 0 radical (unpaired) electrons. The van der Waals surface area contributed by atoms with E-state index in [4.69, 9.17) is 0 Å². The smallest absolute Gasteiger partial charge is 0.254 e. The van der Waals surface area contributed by atoms with Crippen LogP contribution in [-0.4, -0.2) is 88.9 Å². The first-order valence-electron chi connectivity index (χ1n) is 12.7. The third kappa shape index (κ3) is 5.19. The van der Waals surface area contributed by atoms with Crippen LogP contribution in [0.15, 0.2) is 54.7 Å². The van der Waals surface area contributed by atoms with Gasteiger partial charge < -0.3 is 9.88 Å². The number of fused-ring (bicyclic) bond motifs is 1. The lowest BCUT2D eigenvalue weighted by molar-refractivity contribution is 0.0595. The number of piperazine rings is 2. The second-order valence-electron chi connectivity index (χ2n) is 10.0. The normalized spacial score (nSPS) is 18.7. The Labute approximate surface area is 203 Å². The molecule has 3 aromatic rings. The van der Waals surface area contributed by atoms with E-state index in [1.807, 2.05) is 17.0 Å². The van der Waals surface area contributed by atoms with Gasteiger partial charge in [-0.1, -0.05) is 36.4 Å². The van der Waals surface area contributed by atoms with Crippen molar-refractivity contribution in [2.24, 2.45) is 0 Å². The lowest BCUT2D eigenvalue weighted by Crippen LogP contribution is -2.50. The third-order valence-electron chi connectivity index (χ3n) is 7.45. The number of hydrogen-bond donors (Lipinski definition) is 1. The van der Waals surface area contributed by atoms with Crippen molar-refractivity contribution in [1.29, 1.82) is 0 Å². The number of benzene rings is 2. The molecule has 1 N–H and O–H groups in total. The largest absolute Gasteiger partial charge is 0.361 e. The molecule has 6 heteroatoms. The first kappa shape index (κ1) is 23.1. The maximum Gasteiger partial charge on any atom is 0.254 e. The second kappa shape index (κ2) is 10.3. The number of nitrogens with one attached hydrogen (secondary N) is 1. The lowest BCUT2D eigenvalue weighted by Gasteiger charge is -2.37. The molecule has 1 aromatic heterocycles. The second-order valence-corrected chi connectivity index (χ2v) is 10.0. The molecule has 1 amide bonds. The summed E-state index contributed by atoms with van der Waals surface area (Å²) < 4.78 is 0. The van der Waals surface area contributed by atoms with Crippen molar-refractivity contribution in [3.63, 3.8) is 0 Å². The Hall–Kier alpha value is -2.67. The van der Waals surface area contributed by atoms with Gasteiger partial charge in [0.15, 0.2) is 0 Å². The first-order chi connectivity index (χ1) is 16.6. The molecule has 2 aliphatic rings. The van der Waals surface area contributed by atoms with E-state index in [1.54, 1.807) is 0 Å². The Morgan fingerprint density at radius 1 is 0.853 bits per heavy atom. The van der Waals surface area contributed by atoms with Gasteiger partial charge in [-0.15, -0.1) is 0 Å². The fourth-order valence-electron chi connectivity index (χ4n) is 5.26. The van der Waals surface area contributed by atoms with E-state index >= 15 is 0 Å². The summed E-state index contributed by atoms with van der Waals surface area (Å²) in [4.78, 5) is 26.0. The summed E-state index contributed by atoms with van der Waals surface area (Å²) in [6.45, 7) is 14.3. The molecule has 0 aliphatic carbocycles. The summed E-state index contributed by atoms with van der Waals surface area (Å²) in [6.07, 6.45) is 2.12. The van der Waals surface area contributed by atoms with Crippen molar-refractivity contribution in [3.05, 3.63) is 71.4 Å². The topological polar surface area (TPSA) is 45.8 Å². The van der Waals surface area contributed by atoms with Gasteiger partial charge in [0.1, 0.15) is 0 Å². The van der Waals surface area contributed by atoms with E-state index in [9.17, 15) is 4.79 Å². The first-order valence-corrected chi connectivity index (χ1v) is 12.7. The highest BCUT2D eigenvalue weighted by Gasteiger charge is 2.24. The molecule has 5 rings (SSSR count). The van der Waals surface area contributed by atoms with Crippen molar-refractivity contribution in [1.82, 2.24) is 24.6 Å². The average Bonchev–Trinajstić information content (AvgIpc) is 3.27. The molecule has 2 aliphatic heterocycles. The molecular formula is C28H37N5O. The molecule has 2 fully saturated rings. The number of H-pyrrole nitrogens is 1. The van der Waals surface area contributed by atoms with Crippen LogP contribution in [-0.2, 0) is 13.1 Å². The fraction of sp³-hybridized carbons (Fsp3) is 0.464. The van der Waals surface area contributed by atoms with Crippen LogP contribution in [0.3, 0.4) is 0 Å². The van der Waals surface area contributed by atoms with Crippen molar-refractivity contribution < 1.29 is 4.79 Å². The molecule has 34 heavy (non-hydrogen) atoms. The third-order valence-corrected chi connectivity index (χ3v) is 7.45. The zero-order valence-corrected chi connectivity index (χ0v) is 20.5. The maximum atomic E-state index is 13.1. The summed E-state index contributed by atoms with van der Waals surface area (Å²) in [5.74, 6) is 0.149. The highest BCUT2D eigenvalue weighted by molar-refractivity contribution is 5.98. The van der Waals surface area contributed by atoms with Gasteiger partial charge in [-0.2, -0.15) is 0 Å². The average molecular weight is 460 g/mol. The number of amides is 1. The Bertz CT molecular complexity index is 1090. The molecule has 2 aromatic carbocycles. The summed E-state index contributed by atoms with van der Waals surface area (Å²) >= 11 is 0. The van der Waals surface area contributed by atoms with Gasteiger partial charge in [0.25, 0.3) is 5.91 Å². The van der Waals surface area contributed by atoms with Crippen LogP contribution in [0.2, 0.25) is 0 Å². The predicted octanol–water partition coefficient (Wildman–Crippen LogP) is 3.65. The fourth-order valence-corrected chi connectivity index (χ4v) is 5.26. The van der Waals surface area contributed by atoms with Gasteiger partial charge in [-0.25, -0.2) is 0 Å². The highest BCUT2D eigenvalue weighted by atomic mass is 16.2. The van der Waals surface area contributed by atoms with Crippen molar-refractivity contribution in [3.8, 4) is 0 Å². The van der Waals surface area contributed by atoms with Crippen molar-refractivity contribution in [2.45, 2.75) is 33.0 Å². The Morgan fingerprint density at radius 3 is 2.21 bits per heavy atom. The number of hydrogen-bond acceptors (Lipinski definition) is 4. The molecule has 0 spiro atoms. The monoisotopic (exact) mass is 459 g/mol. The Morgan fingerprint density at radius 2 is 1.53 bits per heavy atom. The summed E-state index contributed by atoms with van der Waals surface area (Å²) in [7, 11) is 0. The van der Waals surface area contributed by atoms with E-state index in [2.05, 4.69) is 76.1 Å². The van der Waals surface area contributed by atoms with Crippen LogP contribution >= 0.6 is 0 Å². The van der Waals surface area contributed by atoms with Crippen molar-refractivity contribution in [2.75, 3.05) is 52.4 Å². The van der Waals surface area contributed by atoms with Crippen LogP contribution in [0.4, 0.5) is 0 Å². The number of aromatic amines is 1. The zero-order valence-electron chi connectivity index (χ0n) is 20.5. The molecular weight excluding hydrogens is 422 g/mol. The van der Waals surface area contributed by atoms with Crippen molar-refractivity contribution >= 4 is 16.8 Å². The quantitative estimate of drug-likeness (QED) is 0.611. The lowest BCUT2D eigenvalue weighted by atomic mass is 10.1. The van der Waals surface area contributed by atoms with E-state index in [0.717, 1.165) is 76.5 Å². The van der Waals surface area contributed by atoms with E-state index in [-0.39, 0.29) is 5.91 Å². The van der Waals surface area contributed by atoms with Crippen LogP contribution in [0.25, 0.3) is 10.9 Å². The minimum absolute atomic E-state index is 0.149. The molecule has 3 heterocycles. The van der Waals surface area contributed by atoms with Gasteiger partial charge in [0.2, 0.25) is 0 Å². The molecule has 0 bridgehead atoms. The molecule has 0 unspecified atom stereocenters. The van der Waals surface area contributed by atoms with Gasteiger partial charge >= 0.3 is 0 Å². The predicted molar refractivity (Wildman–Crippen MR) is 138 cm³/mol. The van der Waals surface area contributed by atoms with Crippen LogP contribution in [0, 0.1) is 0 Å². The number of carbonyl (C=O) groups is 1. The molecule has 0 atom stereocenters. The van der Waals surface area contributed by atoms with Gasteiger partial charge in [0.05, 0.1) is 0 Å². The number of aromatic nitrogens is 1. The van der Waals surface area contributed by atoms with Gasteiger partial charge in [-0.05, 0) is 37.1 Å². The standard InChI is InChI=1S/C28H37N5O/c1-22(2)32-14-16-33(17-15-32)28(34)24-8-9-26-25(19-29-27(26)18-24)21-31-12-10-30(11-13-31)20-23-6-4-3-5-7-23/h3-9,18-19,22,29H,10-17,20-21H2,1-2H3. The SMILES string of the molecule is CC(C)N1CCN(C(=O)c2ccc3c(CN4CCN(Cc5ccccc5)CC4)c[nH]c3c2)CC1. The van der Waals surface area contributed by atoms with E-state index in [1.165, 1.54) is 16.5 Å². The minimum Gasteiger partial charge on any atom is -0.361 e. The van der Waals surface area contributed by atoms with E-state index in [0.29, 0.717) is 6.04 Å². The zero-order chi connectivity index (χ0) is 23.5. The van der Waals surface area contributed by atoms with Gasteiger partial charge in [-0.3, -0.25) is 19.5 Å². The molecule has 2 saturated heterocycles. The highest BCUT2D eigenvalue weighted by Crippen LogP contribution is 2.23. The Kier molecular flexibility index (Phi) is 6.99. The maximum absolute atomic E-state index is 13.1. The summed E-state index contributed by atoms with van der Waals surface area (Å²) in [6, 6.07) is 17.5. The molecule has 180 valence electrons. The Balaban J connectivity index is 1.17. The number of carbonyl (C=O) groups excluding carboxylic acids is 1.